The highest BCUT2D eigenvalue weighted by Gasteiger charge is 2.33. The molecule has 3 heteroatoms. The van der Waals surface area contributed by atoms with Crippen molar-refractivity contribution in [1.82, 2.24) is 10.2 Å². The smallest absolute Gasteiger partial charge is 0.0771 e. The Bertz CT molecular complexity index is 236. The van der Waals surface area contributed by atoms with Crippen molar-refractivity contribution in [1.29, 1.82) is 0 Å². The first kappa shape index (κ1) is 13.3. The summed E-state index contributed by atoms with van der Waals surface area (Å²) in [6, 6.07) is 0.591. The van der Waals surface area contributed by atoms with Crippen LogP contribution in [0.4, 0.5) is 0 Å². The molecule has 0 aromatic carbocycles. The predicted octanol–water partition coefficient (Wildman–Crippen LogP) is 1.61. The van der Waals surface area contributed by atoms with Gasteiger partial charge in [0.15, 0.2) is 0 Å². The minimum atomic E-state index is -0.424. The highest BCUT2D eigenvalue weighted by molar-refractivity contribution is 4.89. The van der Waals surface area contributed by atoms with Crippen molar-refractivity contribution in [2.24, 2.45) is 5.92 Å². The van der Waals surface area contributed by atoms with Crippen molar-refractivity contribution in [3.63, 3.8) is 0 Å². The lowest BCUT2D eigenvalue weighted by Gasteiger charge is -2.36. The fourth-order valence-corrected chi connectivity index (χ4v) is 3.24. The van der Waals surface area contributed by atoms with Crippen molar-refractivity contribution >= 4 is 0 Å². The summed E-state index contributed by atoms with van der Waals surface area (Å²) in [6.45, 7) is 5.38. The third-order valence-corrected chi connectivity index (χ3v) is 4.72. The Hall–Kier alpha value is -0.120. The minimum Gasteiger partial charge on any atom is -0.389 e. The van der Waals surface area contributed by atoms with Gasteiger partial charge >= 0.3 is 0 Å². The van der Waals surface area contributed by atoms with E-state index in [-0.39, 0.29) is 0 Å². The van der Waals surface area contributed by atoms with Gasteiger partial charge in [-0.25, -0.2) is 0 Å². The van der Waals surface area contributed by atoms with Crippen molar-refractivity contribution in [2.75, 3.05) is 26.7 Å². The molecule has 1 atom stereocenters. The topological polar surface area (TPSA) is 35.5 Å². The van der Waals surface area contributed by atoms with Crippen LogP contribution in [0.5, 0.6) is 0 Å². The standard InChI is InChI=1S/C14H28N2O/c1-3-12-4-7-14(17,8-5-12)11-15-13-6-9-16(2)10-13/h12-13,15,17H,3-11H2,1-2H3. The van der Waals surface area contributed by atoms with E-state index in [9.17, 15) is 5.11 Å². The molecule has 17 heavy (non-hydrogen) atoms. The summed E-state index contributed by atoms with van der Waals surface area (Å²) in [5.41, 5.74) is -0.424. The quantitative estimate of drug-likeness (QED) is 0.784. The van der Waals surface area contributed by atoms with E-state index in [0.717, 1.165) is 31.8 Å². The van der Waals surface area contributed by atoms with Crippen molar-refractivity contribution in [3.8, 4) is 0 Å². The molecule has 1 aliphatic heterocycles. The van der Waals surface area contributed by atoms with Gasteiger partial charge < -0.3 is 15.3 Å². The van der Waals surface area contributed by atoms with Gasteiger partial charge in [0.25, 0.3) is 0 Å². The molecule has 0 bridgehead atoms. The molecule has 1 saturated heterocycles. The predicted molar refractivity (Wildman–Crippen MR) is 71.1 cm³/mol. The van der Waals surface area contributed by atoms with Crippen LogP contribution in [0.25, 0.3) is 0 Å². The van der Waals surface area contributed by atoms with Crippen LogP contribution in [0.1, 0.15) is 45.4 Å². The summed E-state index contributed by atoms with van der Waals surface area (Å²) in [5.74, 6) is 0.855. The number of rotatable bonds is 4. The number of nitrogens with one attached hydrogen (secondary N) is 1. The summed E-state index contributed by atoms with van der Waals surface area (Å²) in [5, 5.41) is 14.1. The van der Waals surface area contributed by atoms with Crippen LogP contribution in [0, 0.1) is 5.92 Å². The molecule has 1 unspecified atom stereocenters. The number of likely N-dealkylation sites (tertiary alicyclic amines) is 1. The lowest BCUT2D eigenvalue weighted by molar-refractivity contribution is -0.0104. The van der Waals surface area contributed by atoms with Gasteiger partial charge in [0, 0.05) is 19.1 Å². The third-order valence-electron chi connectivity index (χ3n) is 4.72. The maximum atomic E-state index is 10.5. The summed E-state index contributed by atoms with van der Waals surface area (Å²) in [4.78, 5) is 2.36. The largest absolute Gasteiger partial charge is 0.389 e. The van der Waals surface area contributed by atoms with Crippen LogP contribution in [0.15, 0.2) is 0 Å². The summed E-state index contributed by atoms with van der Waals surface area (Å²) < 4.78 is 0. The molecular weight excluding hydrogens is 212 g/mol. The number of nitrogens with zero attached hydrogens (tertiary/aromatic N) is 1. The zero-order valence-electron chi connectivity index (χ0n) is 11.4. The Morgan fingerprint density at radius 1 is 1.29 bits per heavy atom. The highest BCUT2D eigenvalue weighted by Crippen LogP contribution is 2.33. The molecule has 0 aromatic rings. The normalized spacial score (nSPS) is 39.7. The maximum Gasteiger partial charge on any atom is 0.0771 e. The molecule has 0 amide bonds. The van der Waals surface area contributed by atoms with Crippen LogP contribution >= 0.6 is 0 Å². The molecule has 100 valence electrons. The second kappa shape index (κ2) is 5.68. The molecule has 1 saturated carbocycles. The summed E-state index contributed by atoms with van der Waals surface area (Å²) >= 11 is 0. The van der Waals surface area contributed by atoms with E-state index in [1.165, 1.54) is 32.2 Å². The lowest BCUT2D eigenvalue weighted by Crippen LogP contribution is -2.47. The van der Waals surface area contributed by atoms with Gasteiger partial charge in [-0.15, -0.1) is 0 Å². The van der Waals surface area contributed by atoms with E-state index in [4.69, 9.17) is 0 Å². The second-order valence-corrected chi connectivity index (χ2v) is 6.20. The number of likely N-dealkylation sites (N-methyl/N-ethyl adjacent to an activating group) is 1. The monoisotopic (exact) mass is 240 g/mol. The Morgan fingerprint density at radius 3 is 2.53 bits per heavy atom. The molecule has 1 heterocycles. The van der Waals surface area contributed by atoms with Gasteiger partial charge in [-0.05, 0) is 51.6 Å². The highest BCUT2D eigenvalue weighted by atomic mass is 16.3. The Kier molecular flexibility index (Phi) is 4.45. The maximum absolute atomic E-state index is 10.5. The Labute approximate surface area is 106 Å². The van der Waals surface area contributed by atoms with Crippen LogP contribution in [0.3, 0.4) is 0 Å². The number of hydrogen-bond acceptors (Lipinski definition) is 3. The molecule has 3 nitrogen and oxygen atoms in total. The van der Waals surface area contributed by atoms with Crippen LogP contribution in [-0.2, 0) is 0 Å². The van der Waals surface area contributed by atoms with Crippen LogP contribution in [0.2, 0.25) is 0 Å². The van der Waals surface area contributed by atoms with E-state index in [1.807, 2.05) is 0 Å². The SMILES string of the molecule is CCC1CCC(O)(CNC2CCN(C)C2)CC1. The fourth-order valence-electron chi connectivity index (χ4n) is 3.24. The van der Waals surface area contributed by atoms with Crippen LogP contribution < -0.4 is 5.32 Å². The van der Waals surface area contributed by atoms with Crippen molar-refractivity contribution in [2.45, 2.75) is 57.1 Å². The van der Waals surface area contributed by atoms with Gasteiger partial charge in [-0.2, -0.15) is 0 Å². The van der Waals surface area contributed by atoms with Gasteiger partial charge in [0.1, 0.15) is 0 Å². The molecule has 2 fully saturated rings. The lowest BCUT2D eigenvalue weighted by atomic mass is 9.78. The molecule has 2 N–H and O–H groups in total. The first-order valence-electron chi connectivity index (χ1n) is 7.25. The van der Waals surface area contributed by atoms with E-state index in [0.29, 0.717) is 6.04 Å². The molecule has 0 radical (unpaired) electrons. The molecular formula is C14H28N2O. The van der Waals surface area contributed by atoms with Gasteiger partial charge in [-0.3, -0.25) is 0 Å². The van der Waals surface area contributed by atoms with Crippen molar-refractivity contribution in [3.05, 3.63) is 0 Å². The van der Waals surface area contributed by atoms with Gasteiger partial charge in [0.2, 0.25) is 0 Å². The number of hydrogen-bond donors (Lipinski definition) is 2. The van der Waals surface area contributed by atoms with Gasteiger partial charge in [-0.1, -0.05) is 13.3 Å². The first-order valence-corrected chi connectivity index (χ1v) is 7.25. The van der Waals surface area contributed by atoms with E-state index in [1.54, 1.807) is 0 Å². The van der Waals surface area contributed by atoms with Gasteiger partial charge in [0.05, 0.1) is 5.60 Å². The summed E-state index contributed by atoms with van der Waals surface area (Å²) in [7, 11) is 2.17. The first-order chi connectivity index (χ1) is 8.11. The zero-order chi connectivity index (χ0) is 12.3. The summed E-state index contributed by atoms with van der Waals surface area (Å²) in [6.07, 6.45) is 6.89. The molecule has 1 aliphatic carbocycles. The van der Waals surface area contributed by atoms with E-state index < -0.39 is 5.60 Å². The van der Waals surface area contributed by atoms with E-state index >= 15 is 0 Å². The molecule has 0 aromatic heterocycles. The Balaban J connectivity index is 1.71. The molecule has 2 aliphatic rings. The zero-order valence-corrected chi connectivity index (χ0v) is 11.4. The average molecular weight is 240 g/mol. The van der Waals surface area contributed by atoms with Crippen molar-refractivity contribution < 1.29 is 5.11 Å². The second-order valence-electron chi connectivity index (χ2n) is 6.20. The van der Waals surface area contributed by atoms with E-state index in [2.05, 4.69) is 24.2 Å². The number of aliphatic hydroxyl groups is 1. The molecule has 0 spiro atoms. The average Bonchev–Trinajstić information content (AvgIpc) is 2.74. The molecule has 2 rings (SSSR count). The fraction of sp³-hybridized carbons (Fsp3) is 1.00. The minimum absolute atomic E-state index is 0.424. The van der Waals surface area contributed by atoms with Crippen LogP contribution in [-0.4, -0.2) is 48.3 Å². The third kappa shape index (κ3) is 3.67. The Morgan fingerprint density at radius 2 is 2.00 bits per heavy atom.